The molecule has 0 bridgehead atoms. The largest absolute Gasteiger partial charge is 0.382 e. The normalized spacial score (nSPS) is 30.4. The zero-order chi connectivity index (χ0) is 19.7. The number of rotatable bonds is 12. The Labute approximate surface area is 169 Å². The van der Waals surface area contributed by atoms with Gasteiger partial charge in [0.2, 0.25) is 0 Å². The minimum Gasteiger partial charge on any atom is -0.382 e. The molecule has 0 aromatic rings. The fraction of sp³-hybridized carbons (Fsp3) is 1.00. The quantitative estimate of drug-likeness (QED) is 0.465. The van der Waals surface area contributed by atoms with Gasteiger partial charge in [-0.05, 0) is 26.2 Å². The lowest BCUT2D eigenvalue weighted by Crippen LogP contribution is -2.44. The third-order valence-corrected chi connectivity index (χ3v) is 5.80. The van der Waals surface area contributed by atoms with Crippen LogP contribution in [-0.4, -0.2) is 83.6 Å². The van der Waals surface area contributed by atoms with Crippen molar-refractivity contribution in [2.24, 2.45) is 0 Å². The summed E-state index contributed by atoms with van der Waals surface area (Å²) in [7, 11) is 1.66. The number of fused-ring (bicyclic) bond motifs is 1. The van der Waals surface area contributed by atoms with Gasteiger partial charge in [-0.15, -0.1) is 0 Å². The van der Waals surface area contributed by atoms with Crippen LogP contribution in [0.4, 0.5) is 0 Å². The maximum atomic E-state index is 6.45. The van der Waals surface area contributed by atoms with Crippen molar-refractivity contribution < 1.29 is 33.2 Å². The van der Waals surface area contributed by atoms with E-state index in [9.17, 15) is 0 Å². The summed E-state index contributed by atoms with van der Waals surface area (Å²) in [6, 6.07) is 0. The van der Waals surface area contributed by atoms with Crippen LogP contribution in [-0.2, 0) is 33.2 Å². The van der Waals surface area contributed by atoms with Crippen molar-refractivity contribution in [2.45, 2.75) is 82.1 Å². The Bertz CT molecular complexity index is 427. The molecule has 4 unspecified atom stereocenters. The topological polar surface area (TPSA) is 64.6 Å². The van der Waals surface area contributed by atoms with Gasteiger partial charge in [0.15, 0.2) is 5.79 Å². The fourth-order valence-electron chi connectivity index (χ4n) is 4.36. The van der Waals surface area contributed by atoms with Gasteiger partial charge >= 0.3 is 0 Å². The van der Waals surface area contributed by atoms with Crippen molar-refractivity contribution in [2.75, 3.05) is 53.4 Å². The predicted octanol–water partition coefficient (Wildman–Crippen LogP) is 2.69. The molecule has 0 N–H and O–H groups in total. The summed E-state index contributed by atoms with van der Waals surface area (Å²) >= 11 is 0. The Hall–Kier alpha value is -0.280. The summed E-state index contributed by atoms with van der Waals surface area (Å²) < 4.78 is 40.6. The van der Waals surface area contributed by atoms with Crippen molar-refractivity contribution >= 4 is 0 Å². The van der Waals surface area contributed by atoms with Crippen molar-refractivity contribution in [1.29, 1.82) is 0 Å². The zero-order valence-electron chi connectivity index (χ0n) is 17.6. The molecule has 28 heavy (non-hydrogen) atoms. The molecule has 4 atom stereocenters. The summed E-state index contributed by atoms with van der Waals surface area (Å²) in [5, 5.41) is 0. The van der Waals surface area contributed by atoms with Crippen LogP contribution in [0, 0.1) is 0 Å². The minimum absolute atomic E-state index is 0.0402. The molecule has 1 aliphatic carbocycles. The van der Waals surface area contributed by atoms with E-state index in [0.29, 0.717) is 39.6 Å². The van der Waals surface area contributed by atoms with Crippen LogP contribution in [0.15, 0.2) is 0 Å². The Kier molecular flexibility index (Phi) is 9.43. The molecular formula is C21H38O7. The van der Waals surface area contributed by atoms with E-state index >= 15 is 0 Å². The molecule has 1 saturated carbocycles. The molecule has 0 aromatic heterocycles. The van der Waals surface area contributed by atoms with Crippen LogP contribution in [0.5, 0.6) is 0 Å². The van der Waals surface area contributed by atoms with Crippen LogP contribution >= 0.6 is 0 Å². The zero-order valence-corrected chi connectivity index (χ0v) is 17.6. The van der Waals surface area contributed by atoms with E-state index in [1.54, 1.807) is 7.11 Å². The second-order valence-electron chi connectivity index (χ2n) is 8.04. The Morgan fingerprint density at radius 3 is 2.39 bits per heavy atom. The molecule has 3 rings (SSSR count). The highest BCUT2D eigenvalue weighted by molar-refractivity contribution is 4.94. The average Bonchev–Trinajstić information content (AvgIpc) is 3.05. The van der Waals surface area contributed by atoms with Crippen molar-refractivity contribution in [3.8, 4) is 0 Å². The standard InChI is InChI=1S/C21H38O7/c1-17(25-15-14-24-13-12-23-11-10-22-2)16-19-20-18(6-9-26-19)27-21(28-20)7-4-3-5-8-21/h17-20H,3-16H2,1-2H3. The maximum absolute atomic E-state index is 6.45. The smallest absolute Gasteiger partial charge is 0.169 e. The monoisotopic (exact) mass is 402 g/mol. The summed E-state index contributed by atoms with van der Waals surface area (Å²) in [4.78, 5) is 0. The molecular weight excluding hydrogens is 364 g/mol. The molecule has 1 spiro atoms. The van der Waals surface area contributed by atoms with Crippen LogP contribution in [0.3, 0.4) is 0 Å². The lowest BCUT2D eigenvalue weighted by Gasteiger charge is -2.34. The van der Waals surface area contributed by atoms with Gasteiger partial charge in [0.05, 0.1) is 58.0 Å². The Morgan fingerprint density at radius 1 is 0.929 bits per heavy atom. The molecule has 3 aliphatic rings. The van der Waals surface area contributed by atoms with Gasteiger partial charge in [-0.2, -0.15) is 0 Å². The van der Waals surface area contributed by atoms with Gasteiger partial charge in [0, 0.05) is 33.0 Å². The Balaban J connectivity index is 1.30. The van der Waals surface area contributed by atoms with Gasteiger partial charge in [0.25, 0.3) is 0 Å². The van der Waals surface area contributed by atoms with E-state index in [0.717, 1.165) is 32.3 Å². The molecule has 2 saturated heterocycles. The third kappa shape index (κ3) is 6.62. The van der Waals surface area contributed by atoms with E-state index in [-0.39, 0.29) is 30.2 Å². The van der Waals surface area contributed by atoms with Crippen molar-refractivity contribution in [1.82, 2.24) is 0 Å². The van der Waals surface area contributed by atoms with E-state index in [2.05, 4.69) is 6.92 Å². The first-order valence-corrected chi connectivity index (χ1v) is 11.0. The van der Waals surface area contributed by atoms with Crippen LogP contribution in [0.25, 0.3) is 0 Å². The van der Waals surface area contributed by atoms with Crippen LogP contribution < -0.4 is 0 Å². The fourth-order valence-corrected chi connectivity index (χ4v) is 4.36. The lowest BCUT2D eigenvalue weighted by atomic mass is 9.94. The second-order valence-corrected chi connectivity index (χ2v) is 8.04. The summed E-state index contributed by atoms with van der Waals surface area (Å²) in [5.74, 6) is -0.344. The highest BCUT2D eigenvalue weighted by Crippen LogP contribution is 2.44. The van der Waals surface area contributed by atoms with Gasteiger partial charge < -0.3 is 33.2 Å². The van der Waals surface area contributed by atoms with Crippen LogP contribution in [0.2, 0.25) is 0 Å². The number of ether oxygens (including phenoxy) is 7. The van der Waals surface area contributed by atoms with E-state index in [1.807, 2.05) is 0 Å². The van der Waals surface area contributed by atoms with Gasteiger partial charge in [-0.1, -0.05) is 6.42 Å². The molecule has 2 heterocycles. The highest BCUT2D eigenvalue weighted by atomic mass is 16.8. The molecule has 0 radical (unpaired) electrons. The number of hydrogen-bond donors (Lipinski definition) is 0. The van der Waals surface area contributed by atoms with Crippen molar-refractivity contribution in [3.05, 3.63) is 0 Å². The van der Waals surface area contributed by atoms with Gasteiger partial charge in [-0.3, -0.25) is 0 Å². The summed E-state index contributed by atoms with van der Waals surface area (Å²) in [6.07, 6.45) is 7.82. The second kappa shape index (κ2) is 11.8. The molecule has 2 aliphatic heterocycles. The molecule has 7 heteroatoms. The maximum Gasteiger partial charge on any atom is 0.169 e. The lowest BCUT2D eigenvalue weighted by molar-refractivity contribution is -0.199. The Morgan fingerprint density at radius 2 is 1.64 bits per heavy atom. The summed E-state index contributed by atoms with van der Waals surface area (Å²) in [6.45, 7) is 6.34. The minimum atomic E-state index is -0.344. The highest BCUT2D eigenvalue weighted by Gasteiger charge is 2.52. The van der Waals surface area contributed by atoms with E-state index in [4.69, 9.17) is 33.2 Å². The molecule has 164 valence electrons. The van der Waals surface area contributed by atoms with Crippen LogP contribution in [0.1, 0.15) is 51.9 Å². The average molecular weight is 403 g/mol. The first kappa shape index (κ1) is 22.4. The van der Waals surface area contributed by atoms with Crippen molar-refractivity contribution in [3.63, 3.8) is 0 Å². The number of methoxy groups -OCH3 is 1. The SMILES string of the molecule is COCCOCCOCCOC(C)CC1OCCC2OC3(CCCCC3)OC12. The predicted molar refractivity (Wildman–Crippen MR) is 103 cm³/mol. The first-order valence-electron chi connectivity index (χ1n) is 11.0. The third-order valence-electron chi connectivity index (χ3n) is 5.80. The summed E-state index contributed by atoms with van der Waals surface area (Å²) in [5.41, 5.74) is 0. The number of hydrogen-bond acceptors (Lipinski definition) is 7. The molecule has 3 fully saturated rings. The molecule has 7 nitrogen and oxygen atoms in total. The molecule has 0 amide bonds. The molecule has 0 aromatic carbocycles. The van der Waals surface area contributed by atoms with Gasteiger partial charge in [-0.25, -0.2) is 0 Å². The first-order chi connectivity index (χ1) is 13.7. The van der Waals surface area contributed by atoms with E-state index < -0.39 is 0 Å². The van der Waals surface area contributed by atoms with E-state index in [1.165, 1.54) is 19.3 Å². The van der Waals surface area contributed by atoms with Gasteiger partial charge in [0.1, 0.15) is 6.10 Å².